The van der Waals surface area contributed by atoms with E-state index in [2.05, 4.69) is 11.1 Å². The van der Waals surface area contributed by atoms with E-state index in [1.807, 2.05) is 0 Å². The number of nitrogens with zero attached hydrogens (tertiary/aromatic N) is 3. The molecule has 3 rings (SSSR count). The molecule has 1 heterocycles. The number of hydrogen-bond acceptors (Lipinski definition) is 5. The molecule has 1 aromatic heterocycles. The van der Waals surface area contributed by atoms with Gasteiger partial charge in [-0.1, -0.05) is 0 Å². The Morgan fingerprint density at radius 1 is 1.55 bits per heavy atom. The van der Waals surface area contributed by atoms with Crippen LogP contribution in [0.25, 0.3) is 0 Å². The van der Waals surface area contributed by atoms with E-state index in [9.17, 15) is 9.59 Å². The maximum absolute atomic E-state index is 12.5. The summed E-state index contributed by atoms with van der Waals surface area (Å²) in [4.78, 5) is 28.4. The number of hydrogen-bond donors (Lipinski definition) is 0. The van der Waals surface area contributed by atoms with E-state index in [0.29, 0.717) is 17.5 Å². The maximum Gasteiger partial charge on any atom is 0.374 e. The van der Waals surface area contributed by atoms with Crippen molar-refractivity contribution in [2.45, 2.75) is 19.4 Å². The summed E-state index contributed by atoms with van der Waals surface area (Å²) >= 11 is 0. The second-order valence-corrected chi connectivity index (χ2v) is 4.95. The first kappa shape index (κ1) is 14.0. The van der Waals surface area contributed by atoms with Gasteiger partial charge in [0.2, 0.25) is 5.82 Å². The second kappa shape index (κ2) is 5.45. The van der Waals surface area contributed by atoms with Crippen LogP contribution in [0.4, 0.5) is 0 Å². The number of ketones is 1. The summed E-state index contributed by atoms with van der Waals surface area (Å²) in [5.41, 5.74) is 1.92. The Labute approximate surface area is 127 Å². The highest BCUT2D eigenvalue weighted by atomic mass is 16.5. The summed E-state index contributed by atoms with van der Waals surface area (Å²) in [6.07, 6.45) is 3.52. The van der Waals surface area contributed by atoms with Gasteiger partial charge in [0.25, 0.3) is 0 Å². The largest absolute Gasteiger partial charge is 0.460 e. The summed E-state index contributed by atoms with van der Waals surface area (Å²) in [5, 5.41) is 8.95. The molecule has 0 radical (unpaired) electrons. The molecule has 0 saturated heterocycles. The molecule has 0 amide bonds. The van der Waals surface area contributed by atoms with Gasteiger partial charge in [0.15, 0.2) is 5.78 Å². The van der Waals surface area contributed by atoms with E-state index in [4.69, 9.17) is 10.00 Å². The average Bonchev–Trinajstić information content (AvgIpc) is 3.12. The van der Waals surface area contributed by atoms with Crippen molar-refractivity contribution in [3.8, 4) is 6.07 Å². The van der Waals surface area contributed by atoms with Crippen molar-refractivity contribution in [1.82, 2.24) is 9.55 Å². The van der Waals surface area contributed by atoms with E-state index in [1.54, 1.807) is 35.9 Å². The fourth-order valence-electron chi connectivity index (χ4n) is 2.70. The number of ether oxygens (including phenoxy) is 1. The van der Waals surface area contributed by atoms with Crippen molar-refractivity contribution in [1.29, 1.82) is 5.26 Å². The number of aromatic nitrogens is 2. The van der Waals surface area contributed by atoms with Crippen molar-refractivity contribution in [2.24, 2.45) is 0 Å². The molecule has 1 aliphatic rings. The van der Waals surface area contributed by atoms with Gasteiger partial charge in [-0.2, -0.15) is 5.26 Å². The van der Waals surface area contributed by atoms with Crippen LogP contribution in [-0.4, -0.2) is 27.9 Å². The smallest absolute Gasteiger partial charge is 0.374 e. The van der Waals surface area contributed by atoms with Gasteiger partial charge >= 0.3 is 5.97 Å². The number of carbonyl (C=O) groups excluding carboxylic acids is 2. The monoisotopic (exact) mass is 295 g/mol. The maximum atomic E-state index is 12.5. The Morgan fingerprint density at radius 2 is 2.36 bits per heavy atom. The molecule has 1 unspecified atom stereocenters. The zero-order chi connectivity index (χ0) is 15.7. The molecule has 1 aliphatic carbocycles. The van der Waals surface area contributed by atoms with Crippen LogP contribution >= 0.6 is 0 Å². The molecular weight excluding hydrogens is 282 g/mol. The number of Topliss-reactive ketones (excluding diaryl/α,β-unsaturated/α-hetero) is 1. The van der Waals surface area contributed by atoms with Gasteiger partial charge in [-0.05, 0) is 30.7 Å². The number of benzene rings is 1. The van der Waals surface area contributed by atoms with Gasteiger partial charge in [0.1, 0.15) is 6.04 Å². The van der Waals surface area contributed by atoms with Crippen LogP contribution < -0.4 is 0 Å². The molecule has 6 heteroatoms. The van der Waals surface area contributed by atoms with Gasteiger partial charge in [-0.15, -0.1) is 0 Å². The van der Waals surface area contributed by atoms with E-state index in [0.717, 1.165) is 5.56 Å². The van der Waals surface area contributed by atoms with Gasteiger partial charge in [-0.3, -0.25) is 4.79 Å². The third-order valence-electron chi connectivity index (χ3n) is 3.68. The third-order valence-corrected chi connectivity index (χ3v) is 3.68. The number of carbonyl (C=O) groups is 2. The molecule has 1 aromatic carbocycles. The minimum Gasteiger partial charge on any atom is -0.460 e. The molecule has 0 aliphatic heterocycles. The molecule has 6 nitrogen and oxygen atoms in total. The van der Waals surface area contributed by atoms with Crippen molar-refractivity contribution < 1.29 is 14.3 Å². The number of nitriles is 1. The number of fused-ring (bicyclic) bond motifs is 1. The molecule has 1 atom stereocenters. The van der Waals surface area contributed by atoms with Crippen LogP contribution in [0.2, 0.25) is 0 Å². The predicted octanol–water partition coefficient (Wildman–Crippen LogP) is 1.91. The number of esters is 1. The first-order valence-electron chi connectivity index (χ1n) is 6.93. The van der Waals surface area contributed by atoms with Gasteiger partial charge in [0.05, 0.1) is 18.2 Å². The molecule has 22 heavy (non-hydrogen) atoms. The Kier molecular flexibility index (Phi) is 3.47. The summed E-state index contributed by atoms with van der Waals surface area (Å²) in [7, 11) is 0. The first-order chi connectivity index (χ1) is 10.7. The Balaban J connectivity index is 1.96. The predicted molar refractivity (Wildman–Crippen MR) is 76.4 cm³/mol. The van der Waals surface area contributed by atoms with Crippen LogP contribution in [-0.2, 0) is 11.2 Å². The Morgan fingerprint density at radius 3 is 3.09 bits per heavy atom. The van der Waals surface area contributed by atoms with E-state index < -0.39 is 12.0 Å². The highest BCUT2D eigenvalue weighted by Gasteiger charge is 2.34. The fraction of sp³-hybridized carbons (Fsp3) is 0.250. The second-order valence-electron chi connectivity index (χ2n) is 4.95. The molecule has 110 valence electrons. The summed E-state index contributed by atoms with van der Waals surface area (Å²) in [6, 6.07) is 6.55. The number of rotatable bonds is 3. The van der Waals surface area contributed by atoms with Crippen LogP contribution in [0, 0.1) is 11.3 Å². The fourth-order valence-corrected chi connectivity index (χ4v) is 2.70. The molecule has 0 N–H and O–H groups in total. The lowest BCUT2D eigenvalue weighted by Crippen LogP contribution is -2.21. The molecule has 0 fully saturated rings. The zero-order valence-electron chi connectivity index (χ0n) is 11.9. The Hall–Kier alpha value is -2.94. The number of imidazole rings is 1. The lowest BCUT2D eigenvalue weighted by atomic mass is 10.1. The van der Waals surface area contributed by atoms with Crippen LogP contribution in [0.3, 0.4) is 0 Å². The standard InChI is InChI=1S/C16H13N3O3/c1-2-22-16(21)15-18-5-6-19(15)13-8-11-7-10(9-17)3-4-12(11)14(13)20/h3-7,13H,2,8H2,1H3. The summed E-state index contributed by atoms with van der Waals surface area (Å²) < 4.78 is 6.51. The average molecular weight is 295 g/mol. The highest BCUT2D eigenvalue weighted by Crippen LogP contribution is 2.31. The van der Waals surface area contributed by atoms with Crippen molar-refractivity contribution >= 4 is 11.8 Å². The van der Waals surface area contributed by atoms with Crippen molar-refractivity contribution in [2.75, 3.05) is 6.61 Å². The third kappa shape index (κ3) is 2.17. The summed E-state index contributed by atoms with van der Waals surface area (Å²) in [6.45, 7) is 1.96. The lowest BCUT2D eigenvalue weighted by molar-refractivity contribution is 0.0504. The van der Waals surface area contributed by atoms with E-state index in [1.165, 1.54) is 6.20 Å². The minimum absolute atomic E-state index is 0.0805. The first-order valence-corrected chi connectivity index (χ1v) is 6.93. The summed E-state index contributed by atoms with van der Waals surface area (Å²) in [5.74, 6) is -0.509. The van der Waals surface area contributed by atoms with Crippen molar-refractivity contribution in [3.63, 3.8) is 0 Å². The zero-order valence-corrected chi connectivity index (χ0v) is 11.9. The van der Waals surface area contributed by atoms with Gasteiger partial charge in [-0.25, -0.2) is 9.78 Å². The normalized spacial score (nSPS) is 16.2. The molecule has 0 bridgehead atoms. The highest BCUT2D eigenvalue weighted by molar-refractivity contribution is 6.04. The van der Waals surface area contributed by atoms with Crippen LogP contribution in [0.15, 0.2) is 30.6 Å². The van der Waals surface area contributed by atoms with Gasteiger partial charge < -0.3 is 9.30 Å². The van der Waals surface area contributed by atoms with E-state index in [-0.39, 0.29) is 18.2 Å². The quantitative estimate of drug-likeness (QED) is 0.807. The van der Waals surface area contributed by atoms with Crippen LogP contribution in [0.1, 0.15) is 45.1 Å². The molecule has 0 saturated carbocycles. The molecule has 2 aromatic rings. The Bertz CT molecular complexity index is 801. The van der Waals surface area contributed by atoms with Crippen molar-refractivity contribution in [3.05, 3.63) is 53.1 Å². The lowest BCUT2D eigenvalue weighted by Gasteiger charge is -2.12. The van der Waals surface area contributed by atoms with E-state index >= 15 is 0 Å². The topological polar surface area (TPSA) is 85.0 Å². The van der Waals surface area contributed by atoms with Gasteiger partial charge in [0, 0.05) is 24.4 Å². The minimum atomic E-state index is -0.547. The SMILES string of the molecule is CCOC(=O)c1nccn1C1Cc2cc(C#N)ccc2C1=O. The van der Waals surface area contributed by atoms with Crippen LogP contribution in [0.5, 0.6) is 0 Å². The molecule has 0 spiro atoms. The molecular formula is C16H13N3O3.